The van der Waals surface area contributed by atoms with Gasteiger partial charge in [-0.3, -0.25) is 14.4 Å². The van der Waals surface area contributed by atoms with Crippen molar-refractivity contribution in [2.45, 2.75) is 76.9 Å². The maximum atomic E-state index is 13.2. The van der Waals surface area contributed by atoms with Crippen LogP contribution in [0.15, 0.2) is 24.3 Å². The topological polar surface area (TPSA) is 108 Å². The Morgan fingerprint density at radius 2 is 1.57 bits per heavy atom. The van der Waals surface area contributed by atoms with Crippen molar-refractivity contribution < 1.29 is 14.4 Å². The van der Waals surface area contributed by atoms with E-state index in [1.54, 1.807) is 6.92 Å². The molecule has 1 aromatic rings. The normalized spacial score (nSPS) is 19.5. The van der Waals surface area contributed by atoms with Crippen LogP contribution in [-0.2, 0) is 27.3 Å². The van der Waals surface area contributed by atoms with Crippen molar-refractivity contribution in [3.63, 3.8) is 0 Å². The number of likely N-dealkylation sites (N-methyl/N-ethyl adjacent to an activating group) is 1. The number of hydrogen-bond donors (Lipinski definition) is 3. The third kappa shape index (κ3) is 8.32. The molecule has 8 heteroatoms. The van der Waals surface area contributed by atoms with E-state index in [1.807, 2.05) is 36.2 Å². The molecule has 0 aromatic heterocycles. The summed E-state index contributed by atoms with van der Waals surface area (Å²) < 4.78 is 0. The summed E-state index contributed by atoms with van der Waals surface area (Å²) in [6.45, 7) is 5.24. The molecule has 1 saturated carbocycles. The van der Waals surface area contributed by atoms with Crippen molar-refractivity contribution in [1.29, 1.82) is 0 Å². The number of nitrogens with two attached hydrogens (primary N) is 1. The minimum Gasteiger partial charge on any atom is -0.351 e. The van der Waals surface area contributed by atoms with Gasteiger partial charge in [0.2, 0.25) is 17.7 Å². The van der Waals surface area contributed by atoms with E-state index in [4.69, 9.17) is 5.73 Å². The molecule has 8 nitrogen and oxygen atoms in total. The zero-order valence-corrected chi connectivity index (χ0v) is 21.4. The molecule has 1 aliphatic heterocycles. The molecular formula is C27H43N5O3. The van der Waals surface area contributed by atoms with Gasteiger partial charge in [0, 0.05) is 45.6 Å². The molecule has 0 bridgehead atoms. The number of amides is 3. The fourth-order valence-corrected chi connectivity index (χ4v) is 4.96. The van der Waals surface area contributed by atoms with Crippen LogP contribution in [0.2, 0.25) is 0 Å². The van der Waals surface area contributed by atoms with Gasteiger partial charge in [-0.25, -0.2) is 0 Å². The van der Waals surface area contributed by atoms with E-state index < -0.39 is 12.1 Å². The molecule has 1 heterocycles. The number of carbonyl (C=O) groups excluding carboxylic acids is 3. The first-order valence-electron chi connectivity index (χ1n) is 13.2. The number of hydrogen-bond acceptors (Lipinski definition) is 5. The Hall–Kier alpha value is -2.45. The van der Waals surface area contributed by atoms with Crippen LogP contribution in [0.3, 0.4) is 0 Å². The first-order chi connectivity index (χ1) is 16.9. The van der Waals surface area contributed by atoms with Gasteiger partial charge in [-0.05, 0) is 36.9 Å². The fourth-order valence-electron chi connectivity index (χ4n) is 4.96. The lowest BCUT2D eigenvalue weighted by Gasteiger charge is -2.34. The first-order valence-corrected chi connectivity index (χ1v) is 13.2. The molecule has 4 N–H and O–H groups in total. The van der Waals surface area contributed by atoms with Crippen molar-refractivity contribution in [1.82, 2.24) is 20.4 Å². The van der Waals surface area contributed by atoms with E-state index >= 15 is 0 Å². The number of benzene rings is 1. The van der Waals surface area contributed by atoms with Crippen molar-refractivity contribution in [2.24, 2.45) is 11.7 Å². The van der Waals surface area contributed by atoms with E-state index in [0.29, 0.717) is 32.5 Å². The highest BCUT2D eigenvalue weighted by Crippen LogP contribution is 2.25. The Labute approximate surface area is 210 Å². The third-order valence-corrected chi connectivity index (χ3v) is 7.41. The minimum atomic E-state index is -0.575. The Morgan fingerprint density at radius 3 is 2.17 bits per heavy atom. The Kier molecular flexibility index (Phi) is 10.5. The van der Waals surface area contributed by atoms with Crippen LogP contribution in [-0.4, -0.2) is 72.8 Å². The second-order valence-corrected chi connectivity index (χ2v) is 10.1. The van der Waals surface area contributed by atoms with E-state index in [1.165, 1.54) is 12.8 Å². The van der Waals surface area contributed by atoms with Crippen LogP contribution in [0.4, 0.5) is 0 Å². The number of nitrogens with one attached hydrogen (secondary N) is 2. The minimum absolute atomic E-state index is 0.0243. The largest absolute Gasteiger partial charge is 0.351 e. The van der Waals surface area contributed by atoms with E-state index in [0.717, 1.165) is 49.9 Å². The lowest BCUT2D eigenvalue weighted by molar-refractivity contribution is -0.137. The highest BCUT2D eigenvalue weighted by Gasteiger charge is 2.28. The molecule has 3 amide bonds. The molecule has 0 radical (unpaired) electrons. The smallest absolute Gasteiger partial charge is 0.245 e. The van der Waals surface area contributed by atoms with Crippen molar-refractivity contribution in [2.75, 3.05) is 33.2 Å². The van der Waals surface area contributed by atoms with Crippen LogP contribution in [0.1, 0.15) is 63.0 Å². The molecular weight excluding hydrogens is 442 g/mol. The standard InChI is InChI=1S/C27H43N5O3/c1-3-24(33)30-23(27(35)32-16-14-31(2)15-17-32)18-20-10-12-21(13-11-20)19-29-26(34)25(28)22-8-6-4-5-7-9-22/h10-13,22-23,25H,3-9,14-19,28H2,1-2H3,(H,29,34)(H,30,33). The molecule has 2 atom stereocenters. The molecule has 1 aromatic carbocycles. The number of piperazine rings is 1. The summed E-state index contributed by atoms with van der Waals surface area (Å²) in [6.07, 6.45) is 7.64. The van der Waals surface area contributed by atoms with Gasteiger partial charge in [0.25, 0.3) is 0 Å². The van der Waals surface area contributed by atoms with Crippen molar-refractivity contribution in [3.8, 4) is 0 Å². The molecule has 194 valence electrons. The van der Waals surface area contributed by atoms with Gasteiger partial charge >= 0.3 is 0 Å². The number of carbonyl (C=O) groups is 3. The zero-order chi connectivity index (χ0) is 25.2. The highest BCUT2D eigenvalue weighted by molar-refractivity contribution is 5.88. The maximum absolute atomic E-state index is 13.2. The average molecular weight is 486 g/mol. The zero-order valence-electron chi connectivity index (χ0n) is 21.4. The Bertz CT molecular complexity index is 828. The van der Waals surface area contributed by atoms with E-state index in [9.17, 15) is 14.4 Å². The molecule has 0 spiro atoms. The molecule has 35 heavy (non-hydrogen) atoms. The van der Waals surface area contributed by atoms with Crippen LogP contribution >= 0.6 is 0 Å². The SMILES string of the molecule is CCC(=O)NC(Cc1ccc(CNC(=O)C(N)C2CCCCCC2)cc1)C(=O)N1CCN(C)CC1. The van der Waals surface area contributed by atoms with Gasteiger partial charge in [-0.15, -0.1) is 0 Å². The highest BCUT2D eigenvalue weighted by atomic mass is 16.2. The summed E-state index contributed by atoms with van der Waals surface area (Å²) in [5.41, 5.74) is 8.22. The van der Waals surface area contributed by atoms with E-state index in [-0.39, 0.29) is 23.6 Å². The Morgan fingerprint density at radius 1 is 0.971 bits per heavy atom. The van der Waals surface area contributed by atoms with Crippen LogP contribution in [0.25, 0.3) is 0 Å². The van der Waals surface area contributed by atoms with Crippen LogP contribution < -0.4 is 16.4 Å². The lowest BCUT2D eigenvalue weighted by Crippen LogP contribution is -2.54. The summed E-state index contributed by atoms with van der Waals surface area (Å²) in [5, 5.41) is 5.90. The monoisotopic (exact) mass is 485 g/mol. The predicted octanol–water partition coefficient (Wildman–Crippen LogP) is 1.81. The second-order valence-electron chi connectivity index (χ2n) is 10.1. The van der Waals surface area contributed by atoms with Gasteiger partial charge in [-0.1, -0.05) is 56.9 Å². The van der Waals surface area contributed by atoms with E-state index in [2.05, 4.69) is 15.5 Å². The fraction of sp³-hybridized carbons (Fsp3) is 0.667. The summed E-state index contributed by atoms with van der Waals surface area (Å²) >= 11 is 0. The van der Waals surface area contributed by atoms with Gasteiger partial charge < -0.3 is 26.2 Å². The lowest BCUT2D eigenvalue weighted by atomic mass is 9.92. The van der Waals surface area contributed by atoms with Gasteiger partial charge in [-0.2, -0.15) is 0 Å². The van der Waals surface area contributed by atoms with Crippen LogP contribution in [0.5, 0.6) is 0 Å². The second kappa shape index (κ2) is 13.6. The molecule has 2 unspecified atom stereocenters. The van der Waals surface area contributed by atoms with Gasteiger partial charge in [0.15, 0.2) is 0 Å². The molecule has 3 rings (SSSR count). The van der Waals surface area contributed by atoms with Gasteiger partial charge in [0.05, 0.1) is 6.04 Å². The molecule has 2 fully saturated rings. The quantitative estimate of drug-likeness (QED) is 0.463. The van der Waals surface area contributed by atoms with Crippen molar-refractivity contribution in [3.05, 3.63) is 35.4 Å². The third-order valence-electron chi connectivity index (χ3n) is 7.41. The van der Waals surface area contributed by atoms with Crippen molar-refractivity contribution >= 4 is 17.7 Å². The first kappa shape index (κ1) is 27.1. The number of nitrogens with zero attached hydrogens (tertiary/aromatic N) is 2. The summed E-state index contributed by atoms with van der Waals surface area (Å²) in [5.74, 6) is 0.0413. The summed E-state index contributed by atoms with van der Waals surface area (Å²) in [6, 6.07) is 6.84. The molecule has 1 saturated heterocycles. The maximum Gasteiger partial charge on any atom is 0.245 e. The summed E-state index contributed by atoms with van der Waals surface area (Å²) in [7, 11) is 2.05. The predicted molar refractivity (Wildman–Crippen MR) is 137 cm³/mol. The molecule has 1 aliphatic carbocycles. The molecule has 2 aliphatic rings. The Balaban J connectivity index is 1.54. The number of rotatable bonds is 9. The van der Waals surface area contributed by atoms with Gasteiger partial charge in [0.1, 0.15) is 6.04 Å². The summed E-state index contributed by atoms with van der Waals surface area (Å²) in [4.78, 5) is 41.9. The van der Waals surface area contributed by atoms with Crippen LogP contribution in [0, 0.1) is 5.92 Å². The average Bonchev–Trinajstić information content (AvgIpc) is 3.17.